The summed E-state index contributed by atoms with van der Waals surface area (Å²) in [5, 5.41) is 3.11. The Morgan fingerprint density at radius 3 is 2.64 bits per heavy atom. The first-order chi connectivity index (χ1) is 6.81. The smallest absolute Gasteiger partial charge is 0.0704 e. The lowest BCUT2D eigenvalue weighted by Gasteiger charge is -2.12. The summed E-state index contributed by atoms with van der Waals surface area (Å²) < 4.78 is 10.9. The minimum atomic E-state index is 0.331. The molecule has 86 valence electrons. The number of nitrogens with one attached hydrogen (secondary N) is 1. The maximum absolute atomic E-state index is 5.56. The standard InChI is InChI=1S/C11H25NO2/c1-4-5-8-13-9-10-14-11(2)6-7-12-3/h11-12H,4-10H2,1-3H3. The molecule has 14 heavy (non-hydrogen) atoms. The molecule has 0 aromatic rings. The first kappa shape index (κ1) is 13.9. The lowest BCUT2D eigenvalue weighted by Crippen LogP contribution is -2.19. The van der Waals surface area contributed by atoms with Gasteiger partial charge in [0, 0.05) is 6.61 Å². The van der Waals surface area contributed by atoms with Gasteiger partial charge in [0.25, 0.3) is 0 Å². The van der Waals surface area contributed by atoms with Gasteiger partial charge in [0.05, 0.1) is 19.3 Å². The minimum absolute atomic E-state index is 0.331. The number of hydrogen-bond donors (Lipinski definition) is 1. The molecule has 0 radical (unpaired) electrons. The molecule has 0 fully saturated rings. The summed E-state index contributed by atoms with van der Waals surface area (Å²) in [5.41, 5.74) is 0. The van der Waals surface area contributed by atoms with Crippen molar-refractivity contribution in [2.45, 2.75) is 39.2 Å². The van der Waals surface area contributed by atoms with E-state index in [1.807, 2.05) is 7.05 Å². The van der Waals surface area contributed by atoms with Crippen LogP contribution < -0.4 is 5.32 Å². The SMILES string of the molecule is CCCCOCCOC(C)CCNC. The Bertz CT molecular complexity index is 109. The topological polar surface area (TPSA) is 30.5 Å². The van der Waals surface area contributed by atoms with Gasteiger partial charge in [-0.2, -0.15) is 0 Å². The molecule has 0 aromatic carbocycles. The van der Waals surface area contributed by atoms with E-state index in [0.717, 1.165) is 32.6 Å². The van der Waals surface area contributed by atoms with E-state index in [9.17, 15) is 0 Å². The third kappa shape index (κ3) is 9.96. The average Bonchev–Trinajstić information content (AvgIpc) is 2.20. The van der Waals surface area contributed by atoms with Crippen molar-refractivity contribution in [2.75, 3.05) is 33.4 Å². The minimum Gasteiger partial charge on any atom is -0.379 e. The molecule has 1 N–H and O–H groups in total. The van der Waals surface area contributed by atoms with Crippen LogP contribution in [-0.2, 0) is 9.47 Å². The van der Waals surface area contributed by atoms with Gasteiger partial charge in [0.2, 0.25) is 0 Å². The van der Waals surface area contributed by atoms with Crippen LogP contribution in [0.1, 0.15) is 33.1 Å². The quantitative estimate of drug-likeness (QED) is 0.549. The molecule has 0 aliphatic rings. The molecule has 0 saturated heterocycles. The van der Waals surface area contributed by atoms with Gasteiger partial charge >= 0.3 is 0 Å². The molecule has 0 bridgehead atoms. The molecular weight excluding hydrogens is 178 g/mol. The van der Waals surface area contributed by atoms with Gasteiger partial charge in [-0.1, -0.05) is 13.3 Å². The zero-order valence-corrected chi connectivity index (χ0v) is 9.84. The highest BCUT2D eigenvalue weighted by molar-refractivity contribution is 4.51. The predicted molar refractivity (Wildman–Crippen MR) is 59.7 cm³/mol. The van der Waals surface area contributed by atoms with E-state index in [4.69, 9.17) is 9.47 Å². The Balaban J connectivity index is 3.02. The third-order valence-electron chi connectivity index (χ3n) is 2.07. The van der Waals surface area contributed by atoms with Crippen molar-refractivity contribution in [1.29, 1.82) is 0 Å². The van der Waals surface area contributed by atoms with Gasteiger partial charge in [-0.3, -0.25) is 0 Å². The van der Waals surface area contributed by atoms with Crippen LogP contribution in [-0.4, -0.2) is 39.5 Å². The van der Waals surface area contributed by atoms with E-state index in [2.05, 4.69) is 19.2 Å². The van der Waals surface area contributed by atoms with Crippen LogP contribution in [0.5, 0.6) is 0 Å². The van der Waals surface area contributed by atoms with Crippen LogP contribution in [0.15, 0.2) is 0 Å². The molecule has 0 heterocycles. The maximum Gasteiger partial charge on any atom is 0.0704 e. The highest BCUT2D eigenvalue weighted by Crippen LogP contribution is 1.96. The van der Waals surface area contributed by atoms with E-state index >= 15 is 0 Å². The largest absolute Gasteiger partial charge is 0.379 e. The first-order valence-corrected chi connectivity index (χ1v) is 5.65. The number of hydrogen-bond acceptors (Lipinski definition) is 3. The molecule has 0 amide bonds. The molecule has 0 rings (SSSR count). The van der Waals surface area contributed by atoms with Crippen molar-refractivity contribution in [2.24, 2.45) is 0 Å². The van der Waals surface area contributed by atoms with Gasteiger partial charge < -0.3 is 14.8 Å². The van der Waals surface area contributed by atoms with Crippen LogP contribution in [0.3, 0.4) is 0 Å². The summed E-state index contributed by atoms with van der Waals surface area (Å²) in [6.07, 6.45) is 3.73. The van der Waals surface area contributed by atoms with Gasteiger partial charge in [-0.25, -0.2) is 0 Å². The molecule has 3 heteroatoms. The Morgan fingerprint density at radius 1 is 1.21 bits per heavy atom. The maximum atomic E-state index is 5.56. The fourth-order valence-corrected chi connectivity index (χ4v) is 1.09. The molecule has 3 nitrogen and oxygen atoms in total. The van der Waals surface area contributed by atoms with Crippen LogP contribution in [0.4, 0.5) is 0 Å². The van der Waals surface area contributed by atoms with E-state index in [0.29, 0.717) is 12.7 Å². The summed E-state index contributed by atoms with van der Waals surface area (Å²) in [7, 11) is 1.96. The zero-order valence-electron chi connectivity index (χ0n) is 9.84. The van der Waals surface area contributed by atoms with E-state index < -0.39 is 0 Å². The van der Waals surface area contributed by atoms with E-state index in [-0.39, 0.29) is 0 Å². The van der Waals surface area contributed by atoms with Crippen molar-refractivity contribution in [3.05, 3.63) is 0 Å². The normalized spacial score (nSPS) is 13.1. The Hall–Kier alpha value is -0.120. The Kier molecular flexibility index (Phi) is 10.9. The van der Waals surface area contributed by atoms with Crippen molar-refractivity contribution in [3.8, 4) is 0 Å². The van der Waals surface area contributed by atoms with Gasteiger partial charge in [-0.05, 0) is 33.4 Å². The summed E-state index contributed by atoms with van der Waals surface area (Å²) in [4.78, 5) is 0. The fraction of sp³-hybridized carbons (Fsp3) is 1.00. The molecule has 1 atom stereocenters. The molecule has 0 saturated carbocycles. The van der Waals surface area contributed by atoms with E-state index in [1.54, 1.807) is 0 Å². The molecule has 0 aliphatic heterocycles. The number of rotatable bonds is 10. The van der Waals surface area contributed by atoms with Crippen LogP contribution in [0, 0.1) is 0 Å². The van der Waals surface area contributed by atoms with Crippen LogP contribution in [0.2, 0.25) is 0 Å². The second kappa shape index (κ2) is 11.0. The molecule has 0 spiro atoms. The molecule has 1 unspecified atom stereocenters. The summed E-state index contributed by atoms with van der Waals surface area (Å²) in [6, 6.07) is 0. The lowest BCUT2D eigenvalue weighted by molar-refractivity contribution is 0.00906. The highest BCUT2D eigenvalue weighted by atomic mass is 16.5. The molecular formula is C11H25NO2. The predicted octanol–water partition coefficient (Wildman–Crippen LogP) is 1.82. The van der Waals surface area contributed by atoms with Crippen LogP contribution >= 0.6 is 0 Å². The summed E-state index contributed by atoms with van der Waals surface area (Å²) >= 11 is 0. The average molecular weight is 203 g/mol. The summed E-state index contributed by atoms with van der Waals surface area (Å²) in [5.74, 6) is 0. The second-order valence-electron chi connectivity index (χ2n) is 3.54. The Labute approximate surface area is 88.2 Å². The van der Waals surface area contributed by atoms with Crippen molar-refractivity contribution >= 4 is 0 Å². The number of ether oxygens (including phenoxy) is 2. The third-order valence-corrected chi connectivity index (χ3v) is 2.07. The fourth-order valence-electron chi connectivity index (χ4n) is 1.09. The lowest BCUT2D eigenvalue weighted by atomic mass is 10.3. The van der Waals surface area contributed by atoms with Gasteiger partial charge in [-0.15, -0.1) is 0 Å². The zero-order chi connectivity index (χ0) is 10.6. The Morgan fingerprint density at radius 2 is 2.00 bits per heavy atom. The first-order valence-electron chi connectivity index (χ1n) is 5.65. The van der Waals surface area contributed by atoms with Crippen molar-refractivity contribution in [3.63, 3.8) is 0 Å². The van der Waals surface area contributed by atoms with Crippen molar-refractivity contribution < 1.29 is 9.47 Å². The highest BCUT2D eigenvalue weighted by Gasteiger charge is 2.00. The summed E-state index contributed by atoms with van der Waals surface area (Å²) in [6.45, 7) is 7.59. The van der Waals surface area contributed by atoms with Crippen LogP contribution in [0.25, 0.3) is 0 Å². The van der Waals surface area contributed by atoms with Crippen molar-refractivity contribution in [1.82, 2.24) is 5.32 Å². The monoisotopic (exact) mass is 203 g/mol. The van der Waals surface area contributed by atoms with E-state index in [1.165, 1.54) is 6.42 Å². The number of unbranched alkanes of at least 4 members (excludes halogenated alkanes) is 1. The van der Waals surface area contributed by atoms with Gasteiger partial charge in [0.1, 0.15) is 0 Å². The second-order valence-corrected chi connectivity index (χ2v) is 3.54. The molecule has 0 aromatic heterocycles. The molecule has 0 aliphatic carbocycles. The van der Waals surface area contributed by atoms with Gasteiger partial charge in [0.15, 0.2) is 0 Å².